The van der Waals surface area contributed by atoms with Crippen LogP contribution >= 0.6 is 0 Å². The number of aliphatic hydroxyl groups excluding tert-OH is 1. The van der Waals surface area contributed by atoms with Crippen molar-refractivity contribution in [3.05, 3.63) is 77.6 Å². The molecule has 0 bridgehead atoms. The number of benzene rings is 2. The lowest BCUT2D eigenvalue weighted by atomic mass is 9.99. The predicted octanol–water partition coefficient (Wildman–Crippen LogP) is 3.03. The molecule has 10 nitrogen and oxygen atoms in total. The minimum atomic E-state index is -0.333. The fourth-order valence-corrected chi connectivity index (χ4v) is 4.87. The van der Waals surface area contributed by atoms with Crippen LogP contribution in [0.5, 0.6) is 17.2 Å². The average Bonchev–Trinajstić information content (AvgIpc) is 3.40. The van der Waals surface area contributed by atoms with Gasteiger partial charge in [0.15, 0.2) is 17.2 Å². The first-order valence-corrected chi connectivity index (χ1v) is 12.9. The Balaban J connectivity index is 1.41. The van der Waals surface area contributed by atoms with Gasteiger partial charge in [-0.3, -0.25) is 19.5 Å². The van der Waals surface area contributed by atoms with Gasteiger partial charge in [-0.15, -0.1) is 0 Å². The molecule has 0 radical (unpaired) electrons. The van der Waals surface area contributed by atoms with Crippen LogP contribution in [-0.2, 0) is 6.54 Å². The van der Waals surface area contributed by atoms with Crippen LogP contribution in [0.15, 0.2) is 60.9 Å². The van der Waals surface area contributed by atoms with Crippen LogP contribution in [-0.4, -0.2) is 77.9 Å². The summed E-state index contributed by atoms with van der Waals surface area (Å²) in [6, 6.07) is 14.3. The second kappa shape index (κ2) is 11.7. The number of aliphatic hydroxyl groups is 1. The second-order valence-electron chi connectivity index (χ2n) is 9.86. The summed E-state index contributed by atoms with van der Waals surface area (Å²) in [5.74, 6) is 1.15. The standard InChI is InChI=1S/C29H32N4O6/c1-19-15-33(12-13-34)29(36)22-4-3-5-23(31-28(35)21-8-10-30-11-9-21)27(22)39-26(19)17-32(2)16-20-6-7-24-25(14-20)38-18-37-24/h3-11,14,19,26,34H,12-13,15-18H2,1-2H3,(H,31,35). The van der Waals surface area contributed by atoms with Gasteiger partial charge < -0.3 is 29.5 Å². The number of nitrogens with one attached hydrogen (secondary N) is 1. The number of pyridine rings is 1. The van der Waals surface area contributed by atoms with Gasteiger partial charge in [-0.1, -0.05) is 19.1 Å². The first-order chi connectivity index (χ1) is 18.9. The van der Waals surface area contributed by atoms with Crippen LogP contribution in [0.2, 0.25) is 0 Å². The molecule has 2 N–H and O–H groups in total. The fraction of sp³-hybridized carbons (Fsp3) is 0.345. The lowest BCUT2D eigenvalue weighted by Gasteiger charge is -2.36. The van der Waals surface area contributed by atoms with Gasteiger partial charge in [0, 0.05) is 50.1 Å². The fourth-order valence-electron chi connectivity index (χ4n) is 4.87. The third-order valence-corrected chi connectivity index (χ3v) is 6.89. The first kappa shape index (κ1) is 26.5. The number of aromatic nitrogens is 1. The maximum absolute atomic E-state index is 13.5. The molecule has 2 amide bonds. The largest absolute Gasteiger partial charge is 0.486 e. The summed E-state index contributed by atoms with van der Waals surface area (Å²) in [5.41, 5.74) is 2.26. The highest BCUT2D eigenvalue weighted by Crippen LogP contribution is 2.35. The third kappa shape index (κ3) is 5.97. The summed E-state index contributed by atoms with van der Waals surface area (Å²) in [7, 11) is 2.01. The smallest absolute Gasteiger partial charge is 0.257 e. The van der Waals surface area contributed by atoms with Gasteiger partial charge in [-0.05, 0) is 49.0 Å². The van der Waals surface area contributed by atoms with Crippen molar-refractivity contribution < 1.29 is 28.9 Å². The Morgan fingerprint density at radius 2 is 1.95 bits per heavy atom. The summed E-state index contributed by atoms with van der Waals surface area (Å²) in [5, 5.41) is 12.6. The molecule has 0 saturated heterocycles. The van der Waals surface area contributed by atoms with E-state index >= 15 is 0 Å². The van der Waals surface area contributed by atoms with Gasteiger partial charge >= 0.3 is 0 Å². The van der Waals surface area contributed by atoms with E-state index in [-0.39, 0.29) is 43.8 Å². The van der Waals surface area contributed by atoms with Crippen LogP contribution in [0, 0.1) is 5.92 Å². The van der Waals surface area contributed by atoms with Crippen LogP contribution in [0.1, 0.15) is 33.2 Å². The van der Waals surface area contributed by atoms with Gasteiger partial charge in [0.25, 0.3) is 11.8 Å². The summed E-state index contributed by atoms with van der Waals surface area (Å²) < 4.78 is 17.5. The van der Waals surface area contributed by atoms with E-state index in [4.69, 9.17) is 14.2 Å². The monoisotopic (exact) mass is 532 g/mol. The number of amides is 2. The molecule has 1 aromatic heterocycles. The molecule has 0 spiro atoms. The second-order valence-corrected chi connectivity index (χ2v) is 9.86. The maximum atomic E-state index is 13.5. The number of para-hydroxylation sites is 1. The number of carbonyl (C=O) groups is 2. The number of likely N-dealkylation sites (N-methyl/N-ethyl adjacent to an activating group) is 1. The van der Waals surface area contributed by atoms with E-state index in [1.54, 1.807) is 47.6 Å². The number of ether oxygens (including phenoxy) is 3. The zero-order valence-corrected chi connectivity index (χ0v) is 22.0. The highest BCUT2D eigenvalue weighted by molar-refractivity contribution is 6.07. The minimum absolute atomic E-state index is 0.0585. The van der Waals surface area contributed by atoms with Crippen LogP contribution in [0.3, 0.4) is 0 Å². The zero-order valence-electron chi connectivity index (χ0n) is 22.0. The molecule has 2 atom stereocenters. The molecule has 39 heavy (non-hydrogen) atoms. The number of carbonyl (C=O) groups excluding carboxylic acids is 2. The van der Waals surface area contributed by atoms with Gasteiger partial charge in [0.2, 0.25) is 6.79 Å². The maximum Gasteiger partial charge on any atom is 0.257 e. The van der Waals surface area contributed by atoms with Crippen molar-refractivity contribution in [2.24, 2.45) is 5.92 Å². The number of rotatable bonds is 8. The quantitative estimate of drug-likeness (QED) is 0.455. The Kier molecular flexibility index (Phi) is 7.94. The lowest BCUT2D eigenvalue weighted by Crippen LogP contribution is -2.47. The molecular weight excluding hydrogens is 500 g/mol. The predicted molar refractivity (Wildman–Crippen MR) is 144 cm³/mol. The Bertz CT molecular complexity index is 1330. The van der Waals surface area contributed by atoms with E-state index in [0.29, 0.717) is 42.2 Å². The van der Waals surface area contributed by atoms with Gasteiger partial charge in [0.1, 0.15) is 6.10 Å². The summed E-state index contributed by atoms with van der Waals surface area (Å²) in [4.78, 5) is 34.2. The molecule has 5 rings (SSSR count). The molecule has 2 aliphatic rings. The molecule has 0 fully saturated rings. The van der Waals surface area contributed by atoms with Gasteiger partial charge in [-0.2, -0.15) is 0 Å². The van der Waals surface area contributed by atoms with Crippen LogP contribution in [0.4, 0.5) is 5.69 Å². The van der Waals surface area contributed by atoms with Crippen LogP contribution < -0.4 is 19.5 Å². The highest BCUT2D eigenvalue weighted by Gasteiger charge is 2.33. The third-order valence-electron chi connectivity index (χ3n) is 6.89. The molecule has 0 aliphatic carbocycles. The molecule has 10 heteroatoms. The minimum Gasteiger partial charge on any atom is -0.486 e. The molecular formula is C29H32N4O6. The molecule has 2 aliphatic heterocycles. The van der Waals surface area contributed by atoms with E-state index in [0.717, 1.165) is 17.1 Å². The molecule has 0 saturated carbocycles. The summed E-state index contributed by atoms with van der Waals surface area (Å²) >= 11 is 0. The van der Waals surface area contributed by atoms with E-state index in [1.807, 2.05) is 32.2 Å². The first-order valence-electron chi connectivity index (χ1n) is 12.9. The molecule has 2 aromatic carbocycles. The number of anilines is 1. The van der Waals surface area contributed by atoms with Crippen molar-refractivity contribution in [2.75, 3.05) is 45.4 Å². The number of nitrogens with zero attached hydrogens (tertiary/aromatic N) is 3. The summed E-state index contributed by atoms with van der Waals surface area (Å²) in [6.07, 6.45) is 2.78. The number of hydrogen-bond donors (Lipinski definition) is 2. The number of β-amino-alcohol motifs (C(OH)–C–C–N with tert-alkyl or cyclic N) is 1. The number of fused-ring (bicyclic) bond motifs is 2. The molecule has 3 aromatic rings. The summed E-state index contributed by atoms with van der Waals surface area (Å²) in [6.45, 7) is 3.94. The van der Waals surface area contributed by atoms with Crippen molar-refractivity contribution >= 4 is 17.5 Å². The SMILES string of the molecule is CC1CN(CCO)C(=O)c2cccc(NC(=O)c3ccncc3)c2OC1CN(C)Cc1ccc2c(c1)OCO2. The van der Waals surface area contributed by atoms with Crippen LogP contribution in [0.25, 0.3) is 0 Å². The Hall–Kier alpha value is -4.15. The normalized spacial score (nSPS) is 18.3. The van der Waals surface area contributed by atoms with Crippen molar-refractivity contribution in [2.45, 2.75) is 19.6 Å². The lowest BCUT2D eigenvalue weighted by molar-refractivity contribution is 0.0459. The molecule has 2 unspecified atom stereocenters. The number of hydrogen-bond acceptors (Lipinski definition) is 8. The average molecular weight is 533 g/mol. The van der Waals surface area contributed by atoms with Crippen molar-refractivity contribution in [1.82, 2.24) is 14.8 Å². The zero-order chi connectivity index (χ0) is 27.4. The Morgan fingerprint density at radius 1 is 1.15 bits per heavy atom. The van der Waals surface area contributed by atoms with Gasteiger partial charge in [0.05, 0.1) is 17.9 Å². The Morgan fingerprint density at radius 3 is 2.74 bits per heavy atom. The highest BCUT2D eigenvalue weighted by atomic mass is 16.7. The molecule has 204 valence electrons. The van der Waals surface area contributed by atoms with E-state index in [9.17, 15) is 14.7 Å². The van der Waals surface area contributed by atoms with E-state index in [2.05, 4.69) is 15.2 Å². The van der Waals surface area contributed by atoms with Gasteiger partial charge in [-0.25, -0.2) is 0 Å². The Labute approximate surface area is 227 Å². The van der Waals surface area contributed by atoms with E-state index in [1.165, 1.54) is 0 Å². The van der Waals surface area contributed by atoms with Crippen molar-refractivity contribution in [1.29, 1.82) is 0 Å². The molecule has 3 heterocycles. The topological polar surface area (TPSA) is 113 Å². The van der Waals surface area contributed by atoms with Crippen molar-refractivity contribution in [3.63, 3.8) is 0 Å². The van der Waals surface area contributed by atoms with E-state index < -0.39 is 0 Å². The van der Waals surface area contributed by atoms with Crippen molar-refractivity contribution in [3.8, 4) is 17.2 Å².